The second kappa shape index (κ2) is 48.9. The van der Waals surface area contributed by atoms with Crippen molar-refractivity contribution in [1.29, 1.82) is 0 Å². The van der Waals surface area contributed by atoms with Gasteiger partial charge in [-0.3, -0.25) is 4.98 Å². The first-order valence-corrected chi connectivity index (χ1v) is 66.3. The van der Waals surface area contributed by atoms with Gasteiger partial charge in [-0.1, -0.05) is 126 Å². The zero-order valence-electron chi connectivity index (χ0n) is 75.6. The van der Waals surface area contributed by atoms with Gasteiger partial charge in [0, 0.05) is 73.2 Å². The van der Waals surface area contributed by atoms with Gasteiger partial charge in [0.15, 0.2) is 0 Å². The summed E-state index contributed by atoms with van der Waals surface area (Å²) in [5.41, 5.74) is 19.9. The molecule has 0 aliphatic heterocycles. The Labute approximate surface area is 741 Å². The normalized spacial score (nSPS) is 13.0. The first kappa shape index (κ1) is 108. The molecule has 3 radical (unpaired) electrons. The van der Waals surface area contributed by atoms with Gasteiger partial charge < -0.3 is 30.6 Å². The number of fused-ring (bicyclic) bond motifs is 3. The van der Waals surface area contributed by atoms with Crippen molar-refractivity contribution in [2.75, 3.05) is 0 Å². The Hall–Kier alpha value is -4.16. The standard InChI is InChI=1S/C24H30GeN.C24H30NSi.C23H30Ge2N.2C11H22O2.C5H10O2.3Ir/c1-16(2)10-19-14-22(25(5,6)7)21-8-9-23(26-24(21)15-19)20-12-17(3)11-18(4)13-20;1-16(2)10-19-14-23-21(24(15-19)26(5,6)7)8-9-22(25-23)20-12-17(3)11-18(4)13-20;1-16-11-17(2)13-18(12-16)22-10-9-20-21(25(6,7)8)14-19(24(3,4)5)15-23(20)26-22;2*1-8(2)5-10(12)7-11(13)6-9(3)4;1-4(6)3-5(2)7;;;/h2*8-9,11-12,14-16H,10H2,1-7H3;9-12,14-15H,1-8H3;2*7-10,12-13H,5-6H2,1-4H3;3-4,6-7H,1-2H3;;;/q3*-1;;;;;;. The largest absolute Gasteiger partial charge is 0.296 e. The molecular formula is C98H144Ge3Ir3N3O6Si-3. The zero-order chi connectivity index (χ0) is 84.1. The van der Waals surface area contributed by atoms with Gasteiger partial charge >= 0.3 is 326 Å². The topological polar surface area (TPSA) is 160 Å². The van der Waals surface area contributed by atoms with Gasteiger partial charge in [0.05, 0.1) is 49.2 Å². The van der Waals surface area contributed by atoms with E-state index in [1.165, 1.54) is 84.4 Å². The molecule has 0 bridgehead atoms. The SMILES string of the molecule is CC(C)CC(O)=CC(O)CC(C)C.CC(C)CC(O)=CC(O)CC(C)C.CC(O)=CC(C)O.Cc1[c-]c(-c2ccc3[c]([Ge]([CH3])([CH3])[CH3])c[c]([Ge]([CH3])([CH3])[CH3])cc3n2)cc(C)c1.Cc1[c-]c(-c2ccc3[c]([Ge]([CH3])([CH3])[CH3])cc(CC(C)C)cc3n2)cc(C)c1.Cc1[c-]c(-c2ccc3c([Si](C)(C)C)cc(CC(C)C)cc3n2)cc(C)c1.[Ir].[Ir].[Ir]. The van der Waals surface area contributed by atoms with Crippen LogP contribution in [0.1, 0.15) is 167 Å². The van der Waals surface area contributed by atoms with Crippen molar-refractivity contribution in [3.05, 3.63) is 207 Å². The molecule has 0 saturated carbocycles. The summed E-state index contributed by atoms with van der Waals surface area (Å²) in [6, 6.07) is 51.3. The summed E-state index contributed by atoms with van der Waals surface area (Å²) in [5, 5.41) is 60.2. The molecule has 3 atom stereocenters. The average Bonchev–Trinajstić information content (AvgIpc) is 0.780. The summed E-state index contributed by atoms with van der Waals surface area (Å²) >= 11 is -5.89. The van der Waals surface area contributed by atoms with E-state index in [-0.39, 0.29) is 66.1 Å². The summed E-state index contributed by atoms with van der Waals surface area (Å²) < 4.78 is 4.74. The van der Waals surface area contributed by atoms with Crippen LogP contribution >= 0.6 is 0 Å². The molecule has 3 heterocycles. The van der Waals surface area contributed by atoms with Crippen molar-refractivity contribution in [2.24, 2.45) is 35.5 Å². The molecule has 9 aromatic rings. The van der Waals surface area contributed by atoms with Crippen LogP contribution < -0.4 is 18.4 Å². The number of aryl methyl sites for hydroxylation is 6. The summed E-state index contributed by atoms with van der Waals surface area (Å²) in [6.07, 6.45) is 7.87. The molecule has 0 amide bonds. The van der Waals surface area contributed by atoms with Gasteiger partial charge in [-0.2, -0.15) is 0 Å². The Kier molecular flexibility index (Phi) is 46.3. The number of aliphatic hydroxyl groups excluding tert-OH is 6. The molecule has 0 aliphatic rings. The van der Waals surface area contributed by atoms with Crippen LogP contribution in [0.5, 0.6) is 0 Å². The summed E-state index contributed by atoms with van der Waals surface area (Å²) in [5.74, 6) is 26.2. The van der Waals surface area contributed by atoms with Crippen LogP contribution in [0.15, 0.2) is 145 Å². The Balaban J connectivity index is 0.000000711. The minimum Gasteiger partial charge on any atom is -0.296 e. The second-order valence-corrected chi connectivity index (χ2v) is 74.8. The number of nitrogens with zero attached hydrogens (tertiary/aromatic N) is 3. The number of allylic oxidation sites excluding steroid dienone is 3. The third-order valence-electron chi connectivity index (χ3n) is 18.3. The smallest absolute Gasteiger partial charge is 0.0784 e. The number of aromatic nitrogens is 3. The van der Waals surface area contributed by atoms with E-state index in [2.05, 4.69) is 296 Å². The molecule has 3 unspecified atom stereocenters. The van der Waals surface area contributed by atoms with Crippen LogP contribution in [-0.4, -0.2) is 112 Å². The van der Waals surface area contributed by atoms with Gasteiger partial charge in [0.25, 0.3) is 0 Å². The predicted molar refractivity (Wildman–Crippen MR) is 495 cm³/mol. The Morgan fingerprint density at radius 2 is 0.719 bits per heavy atom. The van der Waals surface area contributed by atoms with Gasteiger partial charge in [-0.25, -0.2) is 0 Å². The Morgan fingerprint density at radius 3 is 1.00 bits per heavy atom. The number of hydrogen-bond acceptors (Lipinski definition) is 9. The number of hydrogen-bond donors (Lipinski definition) is 6. The van der Waals surface area contributed by atoms with Gasteiger partial charge in [-0.15, -0.1) is 34.9 Å². The van der Waals surface area contributed by atoms with E-state index in [1.54, 1.807) is 32.3 Å². The van der Waals surface area contributed by atoms with E-state index in [4.69, 9.17) is 25.2 Å². The average molecular weight is 2280 g/mol. The molecule has 0 saturated heterocycles. The maximum absolute atomic E-state index is 9.47. The fourth-order valence-electron chi connectivity index (χ4n) is 13.7. The first-order chi connectivity index (χ1) is 51.2. The van der Waals surface area contributed by atoms with Gasteiger partial charge in [0.2, 0.25) is 0 Å². The van der Waals surface area contributed by atoms with Crippen molar-refractivity contribution < 1.29 is 91.0 Å². The van der Waals surface area contributed by atoms with E-state index in [0.717, 1.165) is 57.6 Å². The maximum atomic E-state index is 9.47. The Morgan fingerprint density at radius 1 is 0.395 bits per heavy atom. The number of benzene rings is 6. The molecule has 6 aromatic carbocycles. The van der Waals surface area contributed by atoms with Crippen LogP contribution in [0.25, 0.3) is 66.5 Å². The number of aliphatic hydroxyl groups is 6. The summed E-state index contributed by atoms with van der Waals surface area (Å²) in [4.78, 5) is 15.2. The minimum absolute atomic E-state index is 0. The van der Waals surface area contributed by atoms with Gasteiger partial charge in [-0.05, 0) is 104 Å². The van der Waals surface area contributed by atoms with Crippen molar-refractivity contribution in [1.82, 2.24) is 15.0 Å². The number of pyridine rings is 3. The molecular weight excluding hydrogens is 2140 g/mol. The van der Waals surface area contributed by atoms with Crippen LogP contribution in [0.4, 0.5) is 0 Å². The second-order valence-electron chi connectivity index (χ2n) is 38.0. The maximum Gasteiger partial charge on any atom is 0.0784 e. The summed E-state index contributed by atoms with van der Waals surface area (Å²) in [6.45, 7) is 48.6. The molecule has 9 rings (SSSR count). The number of rotatable bonds is 22. The zero-order valence-corrected chi connectivity index (χ0v) is 90.1. The van der Waals surface area contributed by atoms with Crippen molar-refractivity contribution in [3.63, 3.8) is 0 Å². The molecule has 0 aliphatic carbocycles. The van der Waals surface area contributed by atoms with E-state index in [1.807, 2.05) is 27.7 Å². The molecule has 633 valence electrons. The van der Waals surface area contributed by atoms with Crippen LogP contribution in [0.3, 0.4) is 0 Å². The van der Waals surface area contributed by atoms with Crippen molar-refractivity contribution in [3.8, 4) is 33.8 Å². The molecule has 16 heteroatoms. The fourth-order valence-corrected chi connectivity index (χ4v) is 25.2. The quantitative estimate of drug-likeness (QED) is 0.0221. The van der Waals surface area contributed by atoms with E-state index in [0.29, 0.717) is 72.7 Å². The van der Waals surface area contributed by atoms with Gasteiger partial charge in [0.1, 0.15) is 0 Å². The third-order valence-corrected chi connectivity index (χ3v) is 33.1. The fraction of sp³-hybridized carbons (Fsp3) is 0.480. The molecule has 9 nitrogen and oxygen atoms in total. The third kappa shape index (κ3) is 38.5. The molecule has 3 aromatic heterocycles. The van der Waals surface area contributed by atoms with E-state index >= 15 is 0 Å². The van der Waals surface area contributed by atoms with Crippen molar-refractivity contribution >= 4 is 99.0 Å². The van der Waals surface area contributed by atoms with Crippen LogP contribution in [0, 0.1) is 95.2 Å². The molecule has 114 heavy (non-hydrogen) atoms. The van der Waals surface area contributed by atoms with E-state index < -0.39 is 66.2 Å². The minimum atomic E-state index is -1.98. The monoisotopic (exact) mass is 2290 g/mol. The molecule has 6 N–H and O–H groups in total. The summed E-state index contributed by atoms with van der Waals surface area (Å²) in [7, 11) is -1.44. The molecule has 0 spiro atoms. The first-order valence-electron chi connectivity index (χ1n) is 40.7. The van der Waals surface area contributed by atoms with Crippen molar-refractivity contribution in [2.45, 2.75) is 267 Å². The molecule has 0 fully saturated rings. The van der Waals surface area contributed by atoms with Crippen LogP contribution in [-0.2, 0) is 73.2 Å². The van der Waals surface area contributed by atoms with Crippen LogP contribution in [0.2, 0.25) is 71.4 Å². The Bertz CT molecular complexity index is 4330. The van der Waals surface area contributed by atoms with E-state index in [9.17, 15) is 20.4 Å². The predicted octanol–water partition coefficient (Wildman–Crippen LogP) is 24.1.